The van der Waals surface area contributed by atoms with Crippen molar-refractivity contribution in [1.29, 1.82) is 0 Å². The summed E-state index contributed by atoms with van der Waals surface area (Å²) in [6, 6.07) is 0. The van der Waals surface area contributed by atoms with Gasteiger partial charge in [-0.3, -0.25) is 9.59 Å². The minimum atomic E-state index is -0.558. The Balaban J connectivity index is 2.01. The molecule has 1 unspecified atom stereocenters. The summed E-state index contributed by atoms with van der Waals surface area (Å²) in [7, 11) is 0. The van der Waals surface area contributed by atoms with Gasteiger partial charge in [0.1, 0.15) is 0 Å². The Bertz CT molecular complexity index is 320. The highest BCUT2D eigenvalue weighted by Crippen LogP contribution is 2.22. The Kier molecular flexibility index (Phi) is 6.65. The highest BCUT2D eigenvalue weighted by molar-refractivity contribution is 5.93. The van der Waals surface area contributed by atoms with Gasteiger partial charge in [0.15, 0.2) is 5.78 Å². The van der Waals surface area contributed by atoms with Gasteiger partial charge in [0.2, 0.25) is 0 Å². The fourth-order valence-corrected chi connectivity index (χ4v) is 2.11. The van der Waals surface area contributed by atoms with E-state index in [1.807, 2.05) is 0 Å². The quantitative estimate of drug-likeness (QED) is 0.532. The maximum atomic E-state index is 11.1. The van der Waals surface area contributed by atoms with Crippen molar-refractivity contribution in [2.75, 3.05) is 6.61 Å². The highest BCUT2D eigenvalue weighted by Gasteiger charge is 2.21. The number of aliphatic hydroxyl groups excluding tert-OH is 1. The van der Waals surface area contributed by atoms with E-state index in [-0.39, 0.29) is 18.2 Å². The van der Waals surface area contributed by atoms with Crippen molar-refractivity contribution < 1.29 is 19.4 Å². The molecule has 0 aliphatic heterocycles. The smallest absolute Gasteiger partial charge is 0.305 e. The molecule has 1 aliphatic carbocycles. The molecule has 0 radical (unpaired) electrons. The van der Waals surface area contributed by atoms with Crippen LogP contribution in [-0.2, 0) is 14.3 Å². The second kappa shape index (κ2) is 8.03. The van der Waals surface area contributed by atoms with E-state index in [9.17, 15) is 14.7 Å². The number of rotatable bonds is 8. The number of carbonyl (C=O) groups is 2. The van der Waals surface area contributed by atoms with Gasteiger partial charge >= 0.3 is 5.97 Å². The zero-order valence-corrected chi connectivity index (χ0v) is 11.0. The summed E-state index contributed by atoms with van der Waals surface area (Å²) < 4.78 is 4.84. The van der Waals surface area contributed by atoms with Crippen LogP contribution in [0.4, 0.5) is 0 Å². The monoisotopic (exact) mass is 254 g/mol. The lowest BCUT2D eigenvalue weighted by Crippen LogP contribution is -2.06. The van der Waals surface area contributed by atoms with Crippen LogP contribution < -0.4 is 0 Å². The molecule has 0 aromatic carbocycles. The molecule has 102 valence electrons. The summed E-state index contributed by atoms with van der Waals surface area (Å²) in [6.45, 7) is 2.25. The summed E-state index contributed by atoms with van der Waals surface area (Å²) in [5.41, 5.74) is 0.866. The van der Waals surface area contributed by atoms with Crippen molar-refractivity contribution in [3.8, 4) is 0 Å². The van der Waals surface area contributed by atoms with E-state index in [2.05, 4.69) is 0 Å². The molecule has 1 N–H and O–H groups in total. The van der Waals surface area contributed by atoms with E-state index in [4.69, 9.17) is 4.74 Å². The van der Waals surface area contributed by atoms with E-state index in [0.717, 1.165) is 37.7 Å². The van der Waals surface area contributed by atoms with Crippen LogP contribution in [0.3, 0.4) is 0 Å². The predicted molar refractivity (Wildman–Crippen MR) is 68.0 cm³/mol. The zero-order chi connectivity index (χ0) is 13.4. The van der Waals surface area contributed by atoms with E-state index < -0.39 is 6.10 Å². The molecule has 1 aliphatic rings. The van der Waals surface area contributed by atoms with Crippen LogP contribution in [-0.4, -0.2) is 29.6 Å². The second-order valence-corrected chi connectivity index (χ2v) is 4.62. The fraction of sp³-hybridized carbons (Fsp3) is 0.714. The molecular formula is C14H22O4. The molecule has 0 amide bonds. The lowest BCUT2D eigenvalue weighted by atomic mass is 10.0. The largest absolute Gasteiger partial charge is 0.466 e. The average Bonchev–Trinajstić information content (AvgIpc) is 2.62. The van der Waals surface area contributed by atoms with Gasteiger partial charge < -0.3 is 9.84 Å². The first-order valence-corrected chi connectivity index (χ1v) is 6.70. The maximum Gasteiger partial charge on any atom is 0.305 e. The molecule has 0 heterocycles. The van der Waals surface area contributed by atoms with Crippen LogP contribution in [0.5, 0.6) is 0 Å². The van der Waals surface area contributed by atoms with Crippen LogP contribution in [0.2, 0.25) is 0 Å². The van der Waals surface area contributed by atoms with Gasteiger partial charge in [0, 0.05) is 12.8 Å². The summed E-state index contributed by atoms with van der Waals surface area (Å²) in [4.78, 5) is 22.1. The van der Waals surface area contributed by atoms with Crippen molar-refractivity contribution in [2.45, 2.75) is 58.0 Å². The molecule has 0 saturated heterocycles. The number of hydrogen-bond donors (Lipinski definition) is 1. The van der Waals surface area contributed by atoms with Crippen molar-refractivity contribution in [1.82, 2.24) is 0 Å². The third kappa shape index (κ3) is 5.45. The number of ketones is 1. The number of hydrogen-bond acceptors (Lipinski definition) is 4. The molecule has 0 spiro atoms. The molecule has 0 fully saturated rings. The van der Waals surface area contributed by atoms with Gasteiger partial charge in [-0.05, 0) is 37.8 Å². The van der Waals surface area contributed by atoms with Crippen LogP contribution in [0.25, 0.3) is 0 Å². The fourth-order valence-electron chi connectivity index (χ4n) is 2.11. The molecule has 0 aromatic heterocycles. The molecule has 4 heteroatoms. The molecule has 4 nitrogen and oxygen atoms in total. The predicted octanol–water partition coefficient (Wildman–Crippen LogP) is 2.15. The minimum absolute atomic E-state index is 0.0276. The van der Waals surface area contributed by atoms with Gasteiger partial charge in [0.05, 0.1) is 12.7 Å². The summed E-state index contributed by atoms with van der Waals surface area (Å²) in [5.74, 6) is -0.100. The summed E-state index contributed by atoms with van der Waals surface area (Å²) in [5, 5.41) is 9.54. The molecular weight excluding hydrogens is 232 g/mol. The number of aliphatic hydroxyl groups is 1. The molecule has 0 saturated carbocycles. The van der Waals surface area contributed by atoms with E-state index in [0.29, 0.717) is 13.0 Å². The Morgan fingerprint density at radius 2 is 2.11 bits per heavy atom. The Labute approximate surface area is 108 Å². The number of unbranched alkanes of at least 4 members (excludes halogenated alkanes) is 3. The Morgan fingerprint density at radius 3 is 2.72 bits per heavy atom. The average molecular weight is 254 g/mol. The third-order valence-corrected chi connectivity index (χ3v) is 3.07. The van der Waals surface area contributed by atoms with Crippen LogP contribution in [0.1, 0.15) is 51.9 Å². The lowest BCUT2D eigenvalue weighted by molar-refractivity contribution is -0.143. The van der Waals surface area contributed by atoms with E-state index in [1.54, 1.807) is 13.0 Å². The van der Waals surface area contributed by atoms with Crippen molar-refractivity contribution >= 4 is 11.8 Å². The van der Waals surface area contributed by atoms with Gasteiger partial charge in [-0.2, -0.15) is 0 Å². The Hall–Kier alpha value is -1.16. The van der Waals surface area contributed by atoms with Crippen molar-refractivity contribution in [3.63, 3.8) is 0 Å². The molecule has 0 bridgehead atoms. The SMILES string of the molecule is CCOC(=O)CCCCCCC1=CC(=O)CC1O. The van der Waals surface area contributed by atoms with Gasteiger partial charge in [-0.15, -0.1) is 0 Å². The zero-order valence-electron chi connectivity index (χ0n) is 11.0. The molecule has 1 atom stereocenters. The first-order chi connectivity index (χ1) is 8.63. The van der Waals surface area contributed by atoms with Crippen LogP contribution in [0.15, 0.2) is 11.6 Å². The number of esters is 1. The lowest BCUT2D eigenvalue weighted by Gasteiger charge is -2.07. The first kappa shape index (κ1) is 14.9. The molecule has 18 heavy (non-hydrogen) atoms. The summed E-state index contributed by atoms with van der Waals surface area (Å²) >= 11 is 0. The number of carbonyl (C=O) groups excluding carboxylic acids is 2. The minimum Gasteiger partial charge on any atom is -0.466 e. The van der Waals surface area contributed by atoms with Crippen molar-refractivity contribution in [2.24, 2.45) is 0 Å². The number of allylic oxidation sites excluding steroid dienone is 1. The normalized spacial score (nSPS) is 18.9. The van der Waals surface area contributed by atoms with E-state index in [1.165, 1.54) is 0 Å². The third-order valence-electron chi connectivity index (χ3n) is 3.07. The Morgan fingerprint density at radius 1 is 1.39 bits per heavy atom. The van der Waals surface area contributed by atoms with Gasteiger partial charge in [0.25, 0.3) is 0 Å². The maximum absolute atomic E-state index is 11.1. The first-order valence-electron chi connectivity index (χ1n) is 6.70. The highest BCUT2D eigenvalue weighted by atomic mass is 16.5. The molecule has 0 aromatic rings. The molecule has 1 rings (SSSR count). The number of ether oxygens (including phenoxy) is 1. The van der Waals surface area contributed by atoms with Crippen LogP contribution >= 0.6 is 0 Å². The summed E-state index contributed by atoms with van der Waals surface area (Å²) in [6.07, 6.45) is 6.33. The standard InChI is InChI=1S/C14H22O4/c1-2-18-14(17)8-6-4-3-5-7-11-9-12(15)10-13(11)16/h9,13,16H,2-8,10H2,1H3. The van der Waals surface area contributed by atoms with E-state index >= 15 is 0 Å². The van der Waals surface area contributed by atoms with Gasteiger partial charge in [-0.25, -0.2) is 0 Å². The topological polar surface area (TPSA) is 63.6 Å². The second-order valence-electron chi connectivity index (χ2n) is 4.62. The van der Waals surface area contributed by atoms with Crippen molar-refractivity contribution in [3.05, 3.63) is 11.6 Å². The van der Waals surface area contributed by atoms with Crippen LogP contribution in [0, 0.1) is 0 Å². The van der Waals surface area contributed by atoms with Gasteiger partial charge in [-0.1, -0.05) is 12.8 Å².